The quantitative estimate of drug-likeness (QED) is 0.758. The fourth-order valence-electron chi connectivity index (χ4n) is 3.77. The fraction of sp³-hybridized carbons (Fsp3) is 0.526. The van der Waals surface area contributed by atoms with Crippen LogP contribution in [0.3, 0.4) is 0 Å². The van der Waals surface area contributed by atoms with Gasteiger partial charge in [-0.05, 0) is 32.3 Å². The van der Waals surface area contributed by atoms with Crippen LogP contribution in [0.25, 0.3) is 10.2 Å². The lowest BCUT2D eigenvalue weighted by Crippen LogP contribution is -2.41. The van der Waals surface area contributed by atoms with Gasteiger partial charge in [-0.2, -0.15) is 0 Å². The number of carbonyl (C=O) groups excluding carboxylic acids is 3. The standard InChI is InChI=1S/C19H22N4O5S/c1-10-13-15(21-12-6-4-3-5-8-22(12)17(13)25)29-14(10)18(26)28-11(2)16(24)23-9-7-20-19(23)27/h11H,3-9H2,1-2H3,(H,20,27)/t11-/m0/s1. The molecule has 2 aliphatic rings. The molecular weight excluding hydrogens is 396 g/mol. The minimum absolute atomic E-state index is 0.127. The summed E-state index contributed by atoms with van der Waals surface area (Å²) < 4.78 is 7.03. The molecule has 1 fully saturated rings. The summed E-state index contributed by atoms with van der Waals surface area (Å²) in [6, 6.07) is -0.491. The second-order valence-corrected chi connectivity index (χ2v) is 8.30. The summed E-state index contributed by atoms with van der Waals surface area (Å²) in [6.45, 7) is 4.39. The number of nitrogens with zero attached hydrogens (tertiary/aromatic N) is 3. The van der Waals surface area contributed by atoms with Crippen LogP contribution in [0.4, 0.5) is 4.79 Å². The molecule has 2 aliphatic heterocycles. The highest BCUT2D eigenvalue weighted by atomic mass is 32.1. The Balaban J connectivity index is 1.62. The molecule has 3 amide bonds. The predicted molar refractivity (Wildman–Crippen MR) is 106 cm³/mol. The zero-order valence-electron chi connectivity index (χ0n) is 16.3. The third-order valence-corrected chi connectivity index (χ3v) is 6.52. The first-order chi connectivity index (χ1) is 13.9. The van der Waals surface area contributed by atoms with Crippen molar-refractivity contribution in [1.29, 1.82) is 0 Å². The van der Waals surface area contributed by atoms with Crippen molar-refractivity contribution in [3.8, 4) is 0 Å². The largest absolute Gasteiger partial charge is 0.448 e. The molecular formula is C19H22N4O5S. The van der Waals surface area contributed by atoms with Crippen molar-refractivity contribution in [1.82, 2.24) is 19.8 Å². The minimum Gasteiger partial charge on any atom is -0.448 e. The lowest BCUT2D eigenvalue weighted by molar-refractivity contribution is -0.136. The molecule has 29 heavy (non-hydrogen) atoms. The number of aryl methyl sites for hydroxylation is 2. The van der Waals surface area contributed by atoms with Gasteiger partial charge in [0.15, 0.2) is 6.10 Å². The van der Waals surface area contributed by atoms with Gasteiger partial charge in [0.05, 0.1) is 5.39 Å². The van der Waals surface area contributed by atoms with Crippen LogP contribution in [0.15, 0.2) is 4.79 Å². The van der Waals surface area contributed by atoms with E-state index in [2.05, 4.69) is 10.3 Å². The molecule has 2 aromatic rings. The Labute approximate surface area is 170 Å². The molecule has 10 heteroatoms. The summed E-state index contributed by atoms with van der Waals surface area (Å²) in [5.41, 5.74) is 0.392. The Morgan fingerprint density at radius 2 is 2.00 bits per heavy atom. The molecule has 4 heterocycles. The zero-order chi connectivity index (χ0) is 20.7. The van der Waals surface area contributed by atoms with Gasteiger partial charge in [0.2, 0.25) is 0 Å². The number of aromatic nitrogens is 2. The second kappa shape index (κ2) is 7.58. The van der Waals surface area contributed by atoms with Gasteiger partial charge in [0, 0.05) is 26.1 Å². The van der Waals surface area contributed by atoms with Gasteiger partial charge in [-0.3, -0.25) is 19.1 Å². The van der Waals surface area contributed by atoms with Crippen molar-refractivity contribution in [2.75, 3.05) is 13.1 Å². The van der Waals surface area contributed by atoms with Gasteiger partial charge < -0.3 is 10.1 Å². The number of nitrogens with one attached hydrogen (secondary N) is 1. The van der Waals surface area contributed by atoms with E-state index < -0.39 is 24.0 Å². The monoisotopic (exact) mass is 418 g/mol. The number of fused-ring (bicyclic) bond motifs is 2. The Bertz CT molecular complexity index is 1070. The van der Waals surface area contributed by atoms with Crippen molar-refractivity contribution in [2.24, 2.45) is 0 Å². The molecule has 0 radical (unpaired) electrons. The van der Waals surface area contributed by atoms with E-state index in [1.807, 2.05) is 0 Å². The van der Waals surface area contributed by atoms with E-state index >= 15 is 0 Å². The van der Waals surface area contributed by atoms with Crippen molar-refractivity contribution in [3.63, 3.8) is 0 Å². The third kappa shape index (κ3) is 3.41. The number of thiophene rings is 1. The molecule has 0 spiro atoms. The Morgan fingerprint density at radius 1 is 1.21 bits per heavy atom. The normalized spacial score (nSPS) is 17.6. The molecule has 0 aliphatic carbocycles. The maximum absolute atomic E-state index is 13.0. The Hall–Kier alpha value is -2.75. The van der Waals surface area contributed by atoms with Crippen LogP contribution < -0.4 is 10.9 Å². The number of urea groups is 1. The van der Waals surface area contributed by atoms with Crippen LogP contribution in [0.2, 0.25) is 0 Å². The van der Waals surface area contributed by atoms with E-state index in [-0.39, 0.29) is 17.0 Å². The van der Waals surface area contributed by atoms with Gasteiger partial charge in [0.1, 0.15) is 15.5 Å². The summed E-state index contributed by atoms with van der Waals surface area (Å²) in [4.78, 5) is 56.2. The van der Waals surface area contributed by atoms with Gasteiger partial charge >= 0.3 is 12.0 Å². The molecule has 1 saturated heterocycles. The first-order valence-electron chi connectivity index (χ1n) is 9.71. The SMILES string of the molecule is Cc1c(C(=O)O[C@@H](C)C(=O)N2CCNC2=O)sc2nc3n(c(=O)c12)CCCCC3. The number of rotatable bonds is 3. The summed E-state index contributed by atoms with van der Waals surface area (Å²) in [5.74, 6) is -0.507. The van der Waals surface area contributed by atoms with E-state index in [1.54, 1.807) is 11.5 Å². The number of hydrogen-bond donors (Lipinski definition) is 1. The number of hydrogen-bond acceptors (Lipinski definition) is 7. The van der Waals surface area contributed by atoms with Crippen LogP contribution in [-0.4, -0.2) is 51.6 Å². The van der Waals surface area contributed by atoms with Crippen molar-refractivity contribution < 1.29 is 19.1 Å². The van der Waals surface area contributed by atoms with Gasteiger partial charge in [0.25, 0.3) is 11.5 Å². The smallest absolute Gasteiger partial charge is 0.349 e. The summed E-state index contributed by atoms with van der Waals surface area (Å²) >= 11 is 1.11. The Kier molecular flexibility index (Phi) is 5.12. The predicted octanol–water partition coefficient (Wildman–Crippen LogP) is 1.59. The molecule has 1 N–H and O–H groups in total. The lowest BCUT2D eigenvalue weighted by atomic mass is 10.2. The third-order valence-electron chi connectivity index (χ3n) is 5.35. The van der Waals surface area contributed by atoms with Crippen molar-refractivity contribution in [3.05, 3.63) is 26.6 Å². The van der Waals surface area contributed by atoms with Crippen LogP contribution in [0.5, 0.6) is 0 Å². The topological polar surface area (TPSA) is 111 Å². The van der Waals surface area contributed by atoms with Crippen LogP contribution in [-0.2, 0) is 22.5 Å². The molecule has 0 bridgehead atoms. The molecule has 1 atom stereocenters. The second-order valence-electron chi connectivity index (χ2n) is 7.30. The van der Waals surface area contributed by atoms with E-state index in [4.69, 9.17) is 4.74 Å². The van der Waals surface area contributed by atoms with E-state index in [9.17, 15) is 19.2 Å². The maximum atomic E-state index is 13.0. The van der Waals surface area contributed by atoms with Crippen molar-refractivity contribution in [2.45, 2.75) is 52.2 Å². The summed E-state index contributed by atoms with van der Waals surface area (Å²) in [7, 11) is 0. The first-order valence-corrected chi connectivity index (χ1v) is 10.5. The zero-order valence-corrected chi connectivity index (χ0v) is 17.1. The lowest BCUT2D eigenvalue weighted by Gasteiger charge is -2.17. The average molecular weight is 418 g/mol. The number of imide groups is 1. The molecule has 0 unspecified atom stereocenters. The molecule has 0 saturated carbocycles. The number of ether oxygens (including phenoxy) is 1. The highest BCUT2D eigenvalue weighted by Gasteiger charge is 2.32. The molecule has 9 nitrogen and oxygen atoms in total. The van der Waals surface area contributed by atoms with Gasteiger partial charge in [-0.1, -0.05) is 6.42 Å². The van der Waals surface area contributed by atoms with Crippen molar-refractivity contribution >= 4 is 39.5 Å². The highest BCUT2D eigenvalue weighted by molar-refractivity contribution is 7.20. The van der Waals surface area contributed by atoms with Crippen LogP contribution >= 0.6 is 11.3 Å². The minimum atomic E-state index is -1.11. The van der Waals surface area contributed by atoms with E-state index in [0.717, 1.165) is 47.7 Å². The molecule has 154 valence electrons. The number of esters is 1. The summed E-state index contributed by atoms with van der Waals surface area (Å²) in [5, 5.41) is 2.97. The van der Waals surface area contributed by atoms with E-state index in [0.29, 0.717) is 28.9 Å². The molecule has 4 rings (SSSR count). The Morgan fingerprint density at radius 3 is 2.72 bits per heavy atom. The average Bonchev–Trinajstić information content (AvgIpc) is 3.16. The summed E-state index contributed by atoms with van der Waals surface area (Å²) in [6.07, 6.45) is 2.61. The first kappa shape index (κ1) is 19.6. The van der Waals surface area contributed by atoms with E-state index in [1.165, 1.54) is 6.92 Å². The van der Waals surface area contributed by atoms with Crippen LogP contribution in [0, 0.1) is 6.92 Å². The number of amides is 3. The molecule has 0 aromatic carbocycles. The van der Waals surface area contributed by atoms with Crippen LogP contribution in [0.1, 0.15) is 47.2 Å². The van der Waals surface area contributed by atoms with Gasteiger partial charge in [-0.25, -0.2) is 14.6 Å². The van der Waals surface area contributed by atoms with Gasteiger partial charge in [-0.15, -0.1) is 11.3 Å². The maximum Gasteiger partial charge on any atom is 0.349 e. The number of carbonyl (C=O) groups is 3. The molecule has 2 aromatic heterocycles. The fourth-order valence-corrected chi connectivity index (χ4v) is 4.84. The highest BCUT2D eigenvalue weighted by Crippen LogP contribution is 2.29.